The zero-order valence-corrected chi connectivity index (χ0v) is 26.3. The van der Waals surface area contributed by atoms with Crippen molar-refractivity contribution >= 4 is 13.2 Å². The number of carbonyl (C=O) groups excluding carboxylic acids is 1. The van der Waals surface area contributed by atoms with Crippen LogP contribution >= 0.6 is 7.26 Å². The summed E-state index contributed by atoms with van der Waals surface area (Å²) < 4.78 is 216. The summed E-state index contributed by atoms with van der Waals surface area (Å²) in [5.74, 6) is -61.1. The molecular weight excluding hydrogens is 698 g/mol. The largest absolute Gasteiger partial charge is 0.550 e. The first-order valence-electron chi connectivity index (χ1n) is 14.2. The molecule has 0 aromatic heterocycles. The Morgan fingerprint density at radius 2 is 0.696 bits per heavy atom. The zero-order chi connectivity index (χ0) is 37.3. The van der Waals surface area contributed by atoms with E-state index in [1.54, 1.807) is 24.6 Å². The van der Waals surface area contributed by atoms with E-state index in [9.17, 15) is 84.5 Å². The van der Waals surface area contributed by atoms with Gasteiger partial charge in [-0.05, 0) is 25.7 Å². The van der Waals surface area contributed by atoms with Crippen molar-refractivity contribution in [2.75, 3.05) is 24.6 Å². The molecule has 0 unspecified atom stereocenters. The van der Waals surface area contributed by atoms with Crippen LogP contribution < -0.4 is 5.11 Å². The van der Waals surface area contributed by atoms with Crippen LogP contribution in [0, 0.1) is 0 Å². The lowest BCUT2D eigenvalue weighted by atomic mass is 9.88. The summed E-state index contributed by atoms with van der Waals surface area (Å²) in [5, 5.41) is 9.79. The lowest BCUT2D eigenvalue weighted by Gasteiger charge is -2.42. The molecule has 0 aliphatic heterocycles. The number of alkyl halides is 17. The average Bonchev–Trinajstić information content (AvgIpc) is 2.90. The van der Waals surface area contributed by atoms with E-state index in [0.717, 1.165) is 0 Å². The summed E-state index contributed by atoms with van der Waals surface area (Å²) >= 11 is 0. The Balaban J connectivity index is 0. The van der Waals surface area contributed by atoms with Crippen molar-refractivity contribution in [3.63, 3.8) is 0 Å². The summed E-state index contributed by atoms with van der Waals surface area (Å²) in [6.07, 6.45) is 6.53. The van der Waals surface area contributed by atoms with Gasteiger partial charge in [0.25, 0.3) is 0 Å². The molecule has 0 rings (SSSR count). The normalized spacial score (nSPS) is 14.6. The third kappa shape index (κ3) is 9.88. The van der Waals surface area contributed by atoms with E-state index in [1.165, 1.54) is 51.4 Å². The summed E-state index contributed by atoms with van der Waals surface area (Å²) in [4.78, 5) is 9.79. The van der Waals surface area contributed by atoms with E-state index in [0.29, 0.717) is 0 Å². The third-order valence-corrected chi connectivity index (χ3v) is 12.2. The maximum atomic E-state index is 13.1. The molecule has 0 spiro atoms. The summed E-state index contributed by atoms with van der Waals surface area (Å²) in [6, 6.07) is 0. The van der Waals surface area contributed by atoms with Crippen molar-refractivity contribution < 1.29 is 84.5 Å². The lowest BCUT2D eigenvalue weighted by molar-refractivity contribution is -0.462. The van der Waals surface area contributed by atoms with Crippen molar-refractivity contribution in [2.24, 2.45) is 0 Å². The predicted molar refractivity (Wildman–Crippen MR) is 136 cm³/mol. The molecule has 0 aliphatic rings. The Bertz CT molecular complexity index is 883. The maximum Gasteiger partial charge on any atom is 0.460 e. The first-order chi connectivity index (χ1) is 20.4. The molecule has 0 heterocycles. The van der Waals surface area contributed by atoms with Gasteiger partial charge in [0.2, 0.25) is 0 Å². The maximum absolute atomic E-state index is 13.1. The van der Waals surface area contributed by atoms with Crippen molar-refractivity contribution in [1.82, 2.24) is 0 Å². The van der Waals surface area contributed by atoms with Gasteiger partial charge in [0.1, 0.15) is 0 Å². The SMILES string of the molecule is CCCC[P+](CCCC)(CCCC)CCCC.O=C([O-])CC(F)(F)C(F)(F)C(F)(F)C(F)(F)C(F)(F)C(F)(F)C(F)(F)C(F)(F)F. The van der Waals surface area contributed by atoms with E-state index in [1.807, 2.05) is 0 Å². The first-order valence-corrected chi connectivity index (χ1v) is 16.7. The molecule has 0 saturated carbocycles. The molecule has 0 atom stereocenters. The molecule has 0 saturated heterocycles. The van der Waals surface area contributed by atoms with Gasteiger partial charge in [0, 0.05) is 13.2 Å². The highest BCUT2D eigenvalue weighted by atomic mass is 31.2. The highest BCUT2D eigenvalue weighted by Gasteiger charge is 2.95. The predicted octanol–water partition coefficient (Wildman–Crippen LogP) is 10.3. The zero-order valence-electron chi connectivity index (χ0n) is 25.4. The van der Waals surface area contributed by atoms with Gasteiger partial charge < -0.3 is 9.90 Å². The second-order valence-electron chi connectivity index (χ2n) is 10.8. The Labute approximate surface area is 256 Å². The third-order valence-electron chi connectivity index (χ3n) is 7.10. The average molecular weight is 737 g/mol. The number of carbonyl (C=O) groups is 1. The fourth-order valence-electron chi connectivity index (χ4n) is 4.13. The molecule has 0 radical (unpaired) electrons. The minimum Gasteiger partial charge on any atom is -0.550 e. The second-order valence-corrected chi connectivity index (χ2v) is 15.3. The quantitative estimate of drug-likeness (QED) is 0.0923. The number of hydrogen-bond donors (Lipinski definition) is 0. The fourth-order valence-corrected chi connectivity index (χ4v) is 9.42. The summed E-state index contributed by atoms with van der Waals surface area (Å²) in [7, 11) is -0.562. The number of aliphatic carboxylic acids is 1. The van der Waals surface area contributed by atoms with Gasteiger partial charge in [0.15, 0.2) is 0 Å². The molecule has 2 nitrogen and oxygen atoms in total. The summed E-state index contributed by atoms with van der Waals surface area (Å²) in [6.45, 7) is 9.42. The Morgan fingerprint density at radius 3 is 0.913 bits per heavy atom. The van der Waals surface area contributed by atoms with Crippen molar-refractivity contribution in [1.29, 1.82) is 0 Å². The fraction of sp³-hybridized carbons (Fsp3) is 0.962. The molecule has 0 aliphatic carbocycles. The molecule has 0 amide bonds. The van der Waals surface area contributed by atoms with Crippen LogP contribution in [0.2, 0.25) is 0 Å². The highest BCUT2D eigenvalue weighted by Crippen LogP contribution is 2.64. The molecule has 278 valence electrons. The van der Waals surface area contributed by atoms with Crippen LogP contribution in [-0.2, 0) is 4.79 Å². The van der Waals surface area contributed by atoms with Crippen LogP contribution in [0.5, 0.6) is 0 Å². The van der Waals surface area contributed by atoms with Crippen LogP contribution in [0.25, 0.3) is 0 Å². The minimum absolute atomic E-state index is 0.562. The van der Waals surface area contributed by atoms with Crippen molar-refractivity contribution in [3.05, 3.63) is 0 Å². The number of carboxylic acids is 1. The lowest BCUT2D eigenvalue weighted by Crippen LogP contribution is -2.74. The van der Waals surface area contributed by atoms with Crippen LogP contribution in [0.15, 0.2) is 0 Å². The van der Waals surface area contributed by atoms with Gasteiger partial charge in [0.05, 0.1) is 31.1 Å². The number of halogens is 17. The molecule has 46 heavy (non-hydrogen) atoms. The smallest absolute Gasteiger partial charge is 0.460 e. The molecule has 0 fully saturated rings. The van der Waals surface area contributed by atoms with E-state index < -0.39 is 67.3 Å². The van der Waals surface area contributed by atoms with Crippen LogP contribution in [0.4, 0.5) is 74.6 Å². The Hall–Kier alpha value is -1.29. The van der Waals surface area contributed by atoms with Gasteiger partial charge in [-0.3, -0.25) is 0 Å². The number of unbranched alkanes of at least 4 members (excludes halogenated alkanes) is 4. The van der Waals surface area contributed by atoms with Gasteiger partial charge in [-0.15, -0.1) is 0 Å². The first kappa shape index (κ1) is 46.8. The van der Waals surface area contributed by atoms with Crippen LogP contribution in [0.1, 0.15) is 85.5 Å². The van der Waals surface area contributed by atoms with E-state index in [-0.39, 0.29) is 0 Å². The van der Waals surface area contributed by atoms with E-state index in [4.69, 9.17) is 0 Å². The van der Waals surface area contributed by atoms with Gasteiger partial charge in [-0.1, -0.05) is 53.4 Å². The highest BCUT2D eigenvalue weighted by molar-refractivity contribution is 7.75. The van der Waals surface area contributed by atoms with Gasteiger partial charge >= 0.3 is 47.6 Å². The van der Waals surface area contributed by atoms with Crippen LogP contribution in [0.3, 0.4) is 0 Å². The van der Waals surface area contributed by atoms with E-state index >= 15 is 0 Å². The molecule has 0 N–H and O–H groups in total. The Morgan fingerprint density at radius 1 is 0.457 bits per heavy atom. The van der Waals surface area contributed by atoms with Gasteiger partial charge in [-0.25, -0.2) is 0 Å². The topological polar surface area (TPSA) is 40.1 Å². The number of rotatable bonds is 20. The second kappa shape index (κ2) is 16.9. The molecular formula is C26H38F17O2P. The van der Waals surface area contributed by atoms with Crippen LogP contribution in [-0.4, -0.2) is 78.3 Å². The van der Waals surface area contributed by atoms with Crippen molar-refractivity contribution in [3.8, 4) is 0 Å². The van der Waals surface area contributed by atoms with E-state index in [2.05, 4.69) is 27.7 Å². The summed E-state index contributed by atoms with van der Waals surface area (Å²) in [5.41, 5.74) is 0. The monoisotopic (exact) mass is 736 g/mol. The molecule has 0 aromatic carbocycles. The number of hydrogen-bond acceptors (Lipinski definition) is 2. The van der Waals surface area contributed by atoms with Gasteiger partial charge in [-0.2, -0.15) is 74.6 Å². The molecule has 20 heteroatoms. The molecule has 0 bridgehead atoms. The minimum atomic E-state index is -8.73. The standard InChI is InChI=1S/C16H36P.C10H3F17O2/c1-5-9-13-17(14-10-6-2,15-11-7-3)16-12-8-4;11-3(12,1-2(28)29)4(13,14)5(15,16)6(17,18)7(19,20)8(21,22)9(23,24)10(25,26)27/h5-16H2,1-4H3;1H2,(H,28,29)/q+1;/p-1. The Kier molecular flexibility index (Phi) is 17.2. The number of carboxylic acid groups (broad SMARTS) is 1. The van der Waals surface area contributed by atoms with Crippen molar-refractivity contribution in [2.45, 2.75) is 133 Å². The molecule has 0 aromatic rings.